The number of aromatic nitrogens is 1. The van der Waals surface area contributed by atoms with Crippen molar-refractivity contribution in [1.82, 2.24) is 9.88 Å². The van der Waals surface area contributed by atoms with Crippen LogP contribution in [0.3, 0.4) is 0 Å². The molecule has 0 aliphatic carbocycles. The zero-order valence-corrected chi connectivity index (χ0v) is 17.6. The lowest BCUT2D eigenvalue weighted by Gasteiger charge is -2.29. The van der Waals surface area contributed by atoms with Gasteiger partial charge in [-0.05, 0) is 36.5 Å². The molecule has 2 aromatic carbocycles. The Morgan fingerprint density at radius 1 is 1.13 bits per heavy atom. The maximum atomic E-state index is 13.2. The molecule has 0 bridgehead atoms. The highest BCUT2D eigenvalue weighted by atomic mass is 35.5. The summed E-state index contributed by atoms with van der Waals surface area (Å²) in [7, 11) is 0. The van der Waals surface area contributed by atoms with Gasteiger partial charge in [-0.25, -0.2) is 0 Å². The number of amides is 2. The summed E-state index contributed by atoms with van der Waals surface area (Å²) in [5.41, 5.74) is 1.61. The molecular formula is C21H12Cl2N4O2S. The molecular weight excluding hydrogens is 443 g/mol. The van der Waals surface area contributed by atoms with Crippen LogP contribution < -0.4 is 10.2 Å². The van der Waals surface area contributed by atoms with Crippen LogP contribution in [0.2, 0.25) is 10.0 Å². The van der Waals surface area contributed by atoms with Crippen LogP contribution in [0.15, 0.2) is 54.2 Å². The van der Waals surface area contributed by atoms with E-state index in [0.717, 1.165) is 15.8 Å². The first kappa shape index (κ1) is 20.1. The average Bonchev–Trinajstić information content (AvgIpc) is 3.06. The Kier molecular flexibility index (Phi) is 5.31. The van der Waals surface area contributed by atoms with Crippen molar-refractivity contribution in [3.8, 4) is 6.07 Å². The lowest BCUT2D eigenvalue weighted by Crippen LogP contribution is -2.54. The van der Waals surface area contributed by atoms with E-state index in [2.05, 4.69) is 11.4 Å². The van der Waals surface area contributed by atoms with Crippen LogP contribution in [-0.4, -0.2) is 21.5 Å². The normalized spacial score (nSPS) is 15.6. The van der Waals surface area contributed by atoms with Crippen LogP contribution in [0.25, 0.3) is 17.0 Å². The van der Waals surface area contributed by atoms with E-state index in [1.807, 2.05) is 24.3 Å². The first-order chi connectivity index (χ1) is 14.4. The predicted octanol–water partition coefficient (Wildman–Crippen LogP) is 4.30. The van der Waals surface area contributed by atoms with Crippen molar-refractivity contribution in [3.63, 3.8) is 0 Å². The fourth-order valence-electron chi connectivity index (χ4n) is 3.29. The van der Waals surface area contributed by atoms with E-state index >= 15 is 0 Å². The molecule has 1 aromatic heterocycles. The summed E-state index contributed by atoms with van der Waals surface area (Å²) in [6, 6.07) is 14.3. The third kappa shape index (κ3) is 3.35. The number of anilines is 1. The Labute approximate surface area is 186 Å². The van der Waals surface area contributed by atoms with Crippen molar-refractivity contribution in [2.24, 2.45) is 0 Å². The molecule has 0 unspecified atom stereocenters. The number of para-hydroxylation sites is 1. The van der Waals surface area contributed by atoms with Gasteiger partial charge in [-0.15, -0.1) is 0 Å². The van der Waals surface area contributed by atoms with Crippen molar-refractivity contribution >= 4 is 75.0 Å². The van der Waals surface area contributed by atoms with E-state index in [-0.39, 0.29) is 33.0 Å². The topological polar surface area (TPSA) is 78.1 Å². The molecule has 0 spiro atoms. The van der Waals surface area contributed by atoms with Crippen molar-refractivity contribution in [2.75, 3.05) is 4.90 Å². The molecule has 1 saturated heterocycles. The lowest BCUT2D eigenvalue weighted by atomic mass is 10.1. The quantitative estimate of drug-likeness (QED) is 0.363. The molecule has 2 amide bonds. The van der Waals surface area contributed by atoms with Crippen LogP contribution in [-0.2, 0) is 16.1 Å². The fraction of sp³-hybridized carbons (Fsp3) is 0.0476. The van der Waals surface area contributed by atoms with Gasteiger partial charge >= 0.3 is 0 Å². The second-order valence-corrected chi connectivity index (χ2v) is 7.59. The van der Waals surface area contributed by atoms with Crippen LogP contribution in [0, 0.1) is 11.3 Å². The van der Waals surface area contributed by atoms with Gasteiger partial charge in [0.25, 0.3) is 11.8 Å². The summed E-state index contributed by atoms with van der Waals surface area (Å²) < 4.78 is 1.75. The molecule has 0 atom stereocenters. The van der Waals surface area contributed by atoms with E-state index in [1.54, 1.807) is 29.0 Å². The molecule has 9 heteroatoms. The van der Waals surface area contributed by atoms with Crippen molar-refractivity contribution in [3.05, 3.63) is 69.8 Å². The van der Waals surface area contributed by atoms with Gasteiger partial charge in [0.1, 0.15) is 12.1 Å². The Balaban J connectivity index is 1.84. The lowest BCUT2D eigenvalue weighted by molar-refractivity contribution is -0.122. The first-order valence-electron chi connectivity index (χ1n) is 8.72. The van der Waals surface area contributed by atoms with Gasteiger partial charge in [0.15, 0.2) is 5.11 Å². The standard InChI is InChI=1S/C21H12Cl2N4O2S/c22-15-5-3-7-17(18(15)23)27-20(29)14(19(28)25-21(27)30)10-12-11-26(9-8-24)16-6-2-1-4-13(12)16/h1-7,10-11H,9H2,(H,25,28,30)/b14-10-. The number of halogens is 2. The number of hydrogen-bond donors (Lipinski definition) is 1. The Morgan fingerprint density at radius 2 is 1.90 bits per heavy atom. The number of nitrogens with zero attached hydrogens (tertiary/aromatic N) is 3. The summed E-state index contributed by atoms with van der Waals surface area (Å²) >= 11 is 17.5. The van der Waals surface area contributed by atoms with Gasteiger partial charge in [-0.2, -0.15) is 5.26 Å². The second-order valence-electron chi connectivity index (χ2n) is 6.42. The number of carbonyl (C=O) groups excluding carboxylic acids is 2. The zero-order chi connectivity index (χ0) is 21.4. The summed E-state index contributed by atoms with van der Waals surface area (Å²) in [6.45, 7) is 0.137. The van der Waals surface area contributed by atoms with Crippen LogP contribution in [0.5, 0.6) is 0 Å². The maximum absolute atomic E-state index is 13.2. The molecule has 4 rings (SSSR count). The van der Waals surface area contributed by atoms with E-state index in [9.17, 15) is 9.59 Å². The highest BCUT2D eigenvalue weighted by Gasteiger charge is 2.35. The number of rotatable bonds is 3. The Hall–Kier alpha value is -3.18. The van der Waals surface area contributed by atoms with Crippen molar-refractivity contribution in [2.45, 2.75) is 6.54 Å². The molecule has 1 aliphatic rings. The number of nitriles is 1. The summed E-state index contributed by atoms with van der Waals surface area (Å²) in [6.07, 6.45) is 3.21. The molecule has 0 radical (unpaired) electrons. The fourth-order valence-corrected chi connectivity index (χ4v) is 3.95. The molecule has 1 aliphatic heterocycles. The summed E-state index contributed by atoms with van der Waals surface area (Å²) in [5, 5.41) is 12.7. The molecule has 148 valence electrons. The number of thiocarbonyl (C=S) groups is 1. The van der Waals surface area contributed by atoms with E-state index < -0.39 is 11.8 Å². The average molecular weight is 455 g/mol. The smallest absolute Gasteiger partial charge is 0.270 e. The highest BCUT2D eigenvalue weighted by Crippen LogP contribution is 2.34. The Bertz CT molecular complexity index is 1310. The number of benzene rings is 2. The Morgan fingerprint density at radius 3 is 2.67 bits per heavy atom. The maximum Gasteiger partial charge on any atom is 0.270 e. The van der Waals surface area contributed by atoms with Gasteiger partial charge in [0.2, 0.25) is 0 Å². The third-order valence-corrected chi connectivity index (χ3v) is 5.73. The van der Waals surface area contributed by atoms with Gasteiger partial charge in [0, 0.05) is 22.7 Å². The zero-order valence-electron chi connectivity index (χ0n) is 15.2. The summed E-state index contributed by atoms with van der Waals surface area (Å²) in [4.78, 5) is 27.0. The van der Waals surface area contributed by atoms with Gasteiger partial charge in [-0.3, -0.25) is 19.8 Å². The molecule has 2 heterocycles. The second kappa shape index (κ2) is 7.92. The van der Waals surface area contributed by atoms with Crippen molar-refractivity contribution < 1.29 is 9.59 Å². The van der Waals surface area contributed by atoms with Crippen LogP contribution in [0.1, 0.15) is 5.56 Å². The number of carbonyl (C=O) groups is 2. The minimum Gasteiger partial charge on any atom is -0.333 e. The minimum atomic E-state index is -0.620. The highest BCUT2D eigenvalue weighted by molar-refractivity contribution is 7.80. The molecule has 30 heavy (non-hydrogen) atoms. The monoisotopic (exact) mass is 454 g/mol. The first-order valence-corrected chi connectivity index (χ1v) is 9.89. The number of hydrogen-bond acceptors (Lipinski definition) is 4. The van der Waals surface area contributed by atoms with Gasteiger partial charge < -0.3 is 4.57 Å². The SMILES string of the molecule is N#CCn1cc(/C=C2/C(=O)NC(=S)N(c3cccc(Cl)c3Cl)C2=O)c2ccccc21. The van der Waals surface area contributed by atoms with Crippen molar-refractivity contribution in [1.29, 1.82) is 5.26 Å². The molecule has 1 fully saturated rings. The molecule has 0 saturated carbocycles. The van der Waals surface area contributed by atoms with E-state index in [4.69, 9.17) is 40.7 Å². The molecule has 3 aromatic rings. The third-order valence-electron chi connectivity index (χ3n) is 4.63. The number of nitrogens with one attached hydrogen (secondary N) is 1. The molecule has 6 nitrogen and oxygen atoms in total. The minimum absolute atomic E-state index is 0.0850. The van der Waals surface area contributed by atoms with Gasteiger partial charge in [0.05, 0.1) is 21.8 Å². The van der Waals surface area contributed by atoms with Crippen LogP contribution >= 0.6 is 35.4 Å². The predicted molar refractivity (Wildman–Crippen MR) is 120 cm³/mol. The largest absolute Gasteiger partial charge is 0.333 e. The molecule has 1 N–H and O–H groups in total. The van der Waals surface area contributed by atoms with E-state index in [1.165, 1.54) is 6.08 Å². The van der Waals surface area contributed by atoms with Crippen LogP contribution in [0.4, 0.5) is 5.69 Å². The van der Waals surface area contributed by atoms with E-state index in [0.29, 0.717) is 5.56 Å². The number of fused-ring (bicyclic) bond motifs is 1. The van der Waals surface area contributed by atoms with Gasteiger partial charge in [-0.1, -0.05) is 47.5 Å². The summed E-state index contributed by atoms with van der Waals surface area (Å²) in [5.74, 6) is -1.23.